The number of aliphatic carboxylic acids is 1. The van der Waals surface area contributed by atoms with Crippen LogP contribution in [0.15, 0.2) is 60.7 Å². The lowest BCUT2D eigenvalue weighted by atomic mass is 10.00. The highest BCUT2D eigenvalue weighted by Gasteiger charge is 2.34. The molecule has 0 aliphatic carbocycles. The molecule has 0 saturated carbocycles. The number of carboxylic acid groups (broad SMARTS) is 1. The summed E-state index contributed by atoms with van der Waals surface area (Å²) in [5.41, 5.74) is 1.96. The van der Waals surface area contributed by atoms with Gasteiger partial charge in [0.25, 0.3) is 5.91 Å². The molecule has 1 atom stereocenters. The van der Waals surface area contributed by atoms with Gasteiger partial charge in [-0.3, -0.25) is 9.59 Å². The van der Waals surface area contributed by atoms with E-state index < -0.39 is 23.6 Å². The molecule has 0 aromatic heterocycles. The van der Waals surface area contributed by atoms with E-state index in [4.69, 9.17) is 4.74 Å². The molecule has 3 aromatic rings. The summed E-state index contributed by atoms with van der Waals surface area (Å²) in [4.78, 5) is 36.8. The molecule has 4 rings (SSSR count). The monoisotopic (exact) mass is 465 g/mol. The zero-order valence-electron chi connectivity index (χ0n) is 18.0. The number of carbonyl (C=O) groups excluding carboxylic acids is 2. The number of nitrogens with zero attached hydrogens (tertiary/aromatic N) is 1. The summed E-state index contributed by atoms with van der Waals surface area (Å²) in [7, 11) is 0. The number of hydrogen-bond acceptors (Lipinski definition) is 4. The zero-order valence-corrected chi connectivity index (χ0v) is 18.0. The van der Waals surface area contributed by atoms with E-state index in [0.717, 1.165) is 17.7 Å². The van der Waals surface area contributed by atoms with Crippen LogP contribution < -0.4 is 4.74 Å². The van der Waals surface area contributed by atoms with Gasteiger partial charge in [-0.1, -0.05) is 24.3 Å². The fraction of sp³-hybridized carbons (Fsp3) is 0.192. The minimum absolute atomic E-state index is 0.0391. The number of likely N-dealkylation sites (tertiary alicyclic amines) is 1. The van der Waals surface area contributed by atoms with Crippen LogP contribution in [-0.4, -0.2) is 40.8 Å². The minimum atomic E-state index is -1.09. The van der Waals surface area contributed by atoms with Gasteiger partial charge in [-0.25, -0.2) is 13.6 Å². The topological polar surface area (TPSA) is 83.9 Å². The van der Waals surface area contributed by atoms with Crippen LogP contribution in [0.4, 0.5) is 8.78 Å². The average Bonchev–Trinajstić information content (AvgIpc) is 3.35. The molecule has 1 aliphatic heterocycles. The van der Waals surface area contributed by atoms with Crippen molar-refractivity contribution in [2.75, 3.05) is 6.54 Å². The van der Waals surface area contributed by atoms with Crippen LogP contribution in [0.5, 0.6) is 5.75 Å². The van der Waals surface area contributed by atoms with Gasteiger partial charge in [0.05, 0.1) is 0 Å². The van der Waals surface area contributed by atoms with E-state index in [1.165, 1.54) is 4.90 Å². The summed E-state index contributed by atoms with van der Waals surface area (Å²) in [6.07, 6.45) is 1.57. The summed E-state index contributed by atoms with van der Waals surface area (Å²) in [6, 6.07) is 14.4. The maximum atomic E-state index is 13.6. The van der Waals surface area contributed by atoms with Gasteiger partial charge >= 0.3 is 5.97 Å². The van der Waals surface area contributed by atoms with Crippen LogP contribution in [0.3, 0.4) is 0 Å². The second-order valence-corrected chi connectivity index (χ2v) is 7.98. The number of ether oxygens (including phenoxy) is 1. The van der Waals surface area contributed by atoms with Gasteiger partial charge in [0, 0.05) is 17.7 Å². The lowest BCUT2D eigenvalue weighted by Crippen LogP contribution is -2.40. The van der Waals surface area contributed by atoms with Crippen molar-refractivity contribution in [3.63, 3.8) is 0 Å². The third kappa shape index (κ3) is 4.80. The standard InChI is InChI=1S/C26H21F2NO5/c27-22-12-19(14-30)21(13-23(22)28)17-6-8-20(9-7-17)34-15-16-3-1-4-18(11-16)25(31)29-10-2-5-24(29)26(32)33/h1,3-4,6-9,11-14,24H,2,5,10,15H2,(H,32,33)/t24-/m0/s1. The molecule has 1 N–H and O–H groups in total. The van der Waals surface area contributed by atoms with Crippen LogP contribution in [0.1, 0.15) is 39.1 Å². The Balaban J connectivity index is 1.45. The highest BCUT2D eigenvalue weighted by molar-refractivity contribution is 5.97. The second kappa shape index (κ2) is 9.82. The van der Waals surface area contributed by atoms with Crippen molar-refractivity contribution in [1.29, 1.82) is 0 Å². The van der Waals surface area contributed by atoms with Crippen molar-refractivity contribution < 1.29 is 33.0 Å². The molecule has 0 radical (unpaired) electrons. The first-order chi connectivity index (χ1) is 16.4. The Morgan fingerprint density at radius 1 is 1.06 bits per heavy atom. The van der Waals surface area contributed by atoms with Gasteiger partial charge in [0.15, 0.2) is 17.9 Å². The van der Waals surface area contributed by atoms with E-state index in [2.05, 4.69) is 0 Å². The smallest absolute Gasteiger partial charge is 0.326 e. The second-order valence-electron chi connectivity index (χ2n) is 7.98. The number of rotatable bonds is 7. The molecule has 0 unspecified atom stereocenters. The summed E-state index contributed by atoms with van der Waals surface area (Å²) < 4.78 is 32.8. The molecule has 8 heteroatoms. The van der Waals surface area contributed by atoms with Gasteiger partial charge in [-0.2, -0.15) is 0 Å². The number of carboxylic acids is 1. The Morgan fingerprint density at radius 2 is 1.79 bits per heavy atom. The molecule has 0 bridgehead atoms. The van der Waals surface area contributed by atoms with Gasteiger partial charge in [0.2, 0.25) is 0 Å². The Hall–Kier alpha value is -4.07. The molecular formula is C26H21F2NO5. The maximum Gasteiger partial charge on any atom is 0.326 e. The fourth-order valence-corrected chi connectivity index (χ4v) is 4.03. The lowest BCUT2D eigenvalue weighted by molar-refractivity contribution is -0.141. The SMILES string of the molecule is O=Cc1cc(F)c(F)cc1-c1ccc(OCc2cccc(C(=O)N3CCC[C@H]3C(=O)O)c2)cc1. The summed E-state index contributed by atoms with van der Waals surface area (Å²) in [6.45, 7) is 0.570. The molecule has 1 saturated heterocycles. The van der Waals surface area contributed by atoms with E-state index in [-0.39, 0.29) is 23.6 Å². The normalized spacial score (nSPS) is 15.2. The number of amides is 1. The Bertz CT molecular complexity index is 1240. The largest absolute Gasteiger partial charge is 0.489 e. The molecule has 6 nitrogen and oxygen atoms in total. The molecule has 174 valence electrons. The fourth-order valence-electron chi connectivity index (χ4n) is 4.03. The van der Waals surface area contributed by atoms with Gasteiger partial charge in [0.1, 0.15) is 18.4 Å². The molecular weight excluding hydrogens is 444 g/mol. The molecule has 3 aromatic carbocycles. The number of halogens is 2. The minimum Gasteiger partial charge on any atom is -0.489 e. The van der Waals surface area contributed by atoms with E-state index in [0.29, 0.717) is 42.5 Å². The van der Waals surface area contributed by atoms with Crippen molar-refractivity contribution >= 4 is 18.2 Å². The third-order valence-electron chi connectivity index (χ3n) is 5.76. The van der Waals surface area contributed by atoms with Crippen LogP contribution >= 0.6 is 0 Å². The van der Waals surface area contributed by atoms with Crippen molar-refractivity contribution in [3.8, 4) is 16.9 Å². The summed E-state index contributed by atoms with van der Waals surface area (Å²) >= 11 is 0. The molecule has 1 fully saturated rings. The lowest BCUT2D eigenvalue weighted by Gasteiger charge is -2.21. The first-order valence-corrected chi connectivity index (χ1v) is 10.7. The number of carbonyl (C=O) groups is 3. The summed E-state index contributed by atoms with van der Waals surface area (Å²) in [5.74, 6) is -2.96. The third-order valence-corrected chi connectivity index (χ3v) is 5.76. The Morgan fingerprint density at radius 3 is 2.50 bits per heavy atom. The van der Waals surface area contributed by atoms with Crippen molar-refractivity contribution in [3.05, 3.63) is 89.0 Å². The molecule has 1 aliphatic rings. The average molecular weight is 465 g/mol. The van der Waals surface area contributed by atoms with E-state index in [1.807, 2.05) is 0 Å². The highest BCUT2D eigenvalue weighted by Crippen LogP contribution is 2.28. The first-order valence-electron chi connectivity index (χ1n) is 10.7. The van der Waals surface area contributed by atoms with Gasteiger partial charge < -0.3 is 14.7 Å². The van der Waals surface area contributed by atoms with Gasteiger partial charge in [-0.05, 0) is 65.9 Å². The number of benzene rings is 3. The first kappa shape index (κ1) is 23.1. The Kier molecular flexibility index (Phi) is 6.67. The van der Waals surface area contributed by atoms with Crippen LogP contribution in [0, 0.1) is 11.6 Å². The van der Waals surface area contributed by atoms with Crippen LogP contribution in [0.2, 0.25) is 0 Å². The Labute approximate surface area is 194 Å². The highest BCUT2D eigenvalue weighted by atomic mass is 19.2. The van der Waals surface area contributed by atoms with E-state index >= 15 is 0 Å². The zero-order chi connectivity index (χ0) is 24.2. The van der Waals surface area contributed by atoms with Crippen LogP contribution in [0.25, 0.3) is 11.1 Å². The van der Waals surface area contributed by atoms with E-state index in [9.17, 15) is 28.3 Å². The maximum absolute atomic E-state index is 13.6. The molecule has 1 heterocycles. The predicted molar refractivity (Wildman–Crippen MR) is 120 cm³/mol. The predicted octanol–water partition coefficient (Wildman–Crippen LogP) is 4.71. The number of aldehydes is 1. The van der Waals surface area contributed by atoms with Gasteiger partial charge in [-0.15, -0.1) is 0 Å². The van der Waals surface area contributed by atoms with Crippen LogP contribution in [-0.2, 0) is 11.4 Å². The van der Waals surface area contributed by atoms with Crippen molar-refractivity contribution in [2.45, 2.75) is 25.5 Å². The quantitative estimate of drug-likeness (QED) is 0.511. The van der Waals surface area contributed by atoms with Crippen molar-refractivity contribution in [2.24, 2.45) is 0 Å². The summed E-state index contributed by atoms with van der Waals surface area (Å²) in [5, 5.41) is 9.33. The number of hydrogen-bond donors (Lipinski definition) is 1. The van der Waals surface area contributed by atoms with Crippen molar-refractivity contribution in [1.82, 2.24) is 4.90 Å². The molecule has 0 spiro atoms. The molecule has 1 amide bonds. The molecule has 34 heavy (non-hydrogen) atoms. The van der Waals surface area contributed by atoms with E-state index in [1.54, 1.807) is 48.5 Å².